The first-order valence-electron chi connectivity index (χ1n) is 8.78. The summed E-state index contributed by atoms with van der Waals surface area (Å²) in [5.41, 5.74) is 1.01. The van der Waals surface area contributed by atoms with Crippen LogP contribution in [0.5, 0.6) is 0 Å². The van der Waals surface area contributed by atoms with Gasteiger partial charge in [0.2, 0.25) is 11.7 Å². The average Bonchev–Trinajstić information content (AvgIpc) is 2.94. The van der Waals surface area contributed by atoms with Crippen LogP contribution in [0.25, 0.3) is 5.78 Å². The topological polar surface area (TPSA) is 68.4 Å². The minimum absolute atomic E-state index is 0.141. The van der Waals surface area contributed by atoms with Gasteiger partial charge in [0.15, 0.2) is 0 Å². The molecule has 0 spiro atoms. The Morgan fingerprint density at radius 1 is 1.21 bits per heavy atom. The predicted octanol–water partition coefficient (Wildman–Crippen LogP) is 4.10. The van der Waals surface area contributed by atoms with E-state index in [-0.39, 0.29) is 17.8 Å². The Labute approximate surface area is 172 Å². The Morgan fingerprint density at radius 2 is 1.83 bits per heavy atom. The molecular weight excluding hydrogens is 453 g/mol. The van der Waals surface area contributed by atoms with Gasteiger partial charge in [-0.05, 0) is 60.5 Å². The van der Waals surface area contributed by atoms with E-state index in [0.29, 0.717) is 33.8 Å². The molecule has 154 valence electrons. The first kappa shape index (κ1) is 21.1. The van der Waals surface area contributed by atoms with Gasteiger partial charge in [-0.3, -0.25) is 9.59 Å². The molecule has 1 amide bonds. The highest BCUT2D eigenvalue weighted by molar-refractivity contribution is 9.10. The van der Waals surface area contributed by atoms with Crippen LogP contribution in [-0.4, -0.2) is 19.9 Å². The van der Waals surface area contributed by atoms with Crippen molar-refractivity contribution in [3.05, 3.63) is 61.7 Å². The van der Waals surface area contributed by atoms with Crippen LogP contribution in [0.2, 0.25) is 0 Å². The first-order chi connectivity index (χ1) is 13.5. The van der Waals surface area contributed by atoms with E-state index >= 15 is 0 Å². The van der Waals surface area contributed by atoms with Crippen molar-refractivity contribution in [1.29, 1.82) is 0 Å². The number of aromatic nitrogens is 3. The Balaban J connectivity index is 1.95. The lowest BCUT2D eigenvalue weighted by molar-refractivity contribution is -0.137. The molecule has 0 saturated heterocycles. The monoisotopic (exact) mass is 470 g/mol. The fourth-order valence-electron chi connectivity index (χ4n) is 3.18. The second kappa shape index (κ2) is 7.66. The van der Waals surface area contributed by atoms with Gasteiger partial charge < -0.3 is 9.88 Å². The number of halogens is 4. The van der Waals surface area contributed by atoms with E-state index in [1.165, 1.54) is 16.5 Å². The molecule has 6 nitrogen and oxygen atoms in total. The molecule has 29 heavy (non-hydrogen) atoms. The summed E-state index contributed by atoms with van der Waals surface area (Å²) in [5.74, 6) is -0.120. The predicted molar refractivity (Wildman–Crippen MR) is 106 cm³/mol. The fourth-order valence-corrected chi connectivity index (χ4v) is 3.59. The third-order valence-electron chi connectivity index (χ3n) is 4.62. The zero-order valence-electron chi connectivity index (χ0n) is 15.9. The molecule has 3 aromatic rings. The Bertz CT molecular complexity index is 1150. The molecule has 0 aliphatic carbocycles. The molecule has 3 rings (SSSR count). The number of fused-ring (bicyclic) bond motifs is 1. The molecule has 0 saturated carbocycles. The summed E-state index contributed by atoms with van der Waals surface area (Å²) >= 11 is 3.35. The van der Waals surface area contributed by atoms with Crippen molar-refractivity contribution in [3.8, 4) is 0 Å². The normalized spacial score (nSPS) is 11.8. The number of anilines is 1. The van der Waals surface area contributed by atoms with Crippen molar-refractivity contribution >= 4 is 33.3 Å². The van der Waals surface area contributed by atoms with Crippen LogP contribution in [0.4, 0.5) is 18.9 Å². The smallest absolute Gasteiger partial charge is 0.325 e. The molecule has 10 heteroatoms. The summed E-state index contributed by atoms with van der Waals surface area (Å²) in [6.07, 6.45) is -3.93. The second-order valence-electron chi connectivity index (χ2n) is 6.56. The van der Waals surface area contributed by atoms with Crippen molar-refractivity contribution in [2.24, 2.45) is 0 Å². The van der Waals surface area contributed by atoms with E-state index in [1.54, 1.807) is 18.4 Å². The summed E-state index contributed by atoms with van der Waals surface area (Å²) in [4.78, 5) is 29.6. The van der Waals surface area contributed by atoms with Crippen LogP contribution in [0, 0.1) is 13.8 Å². The van der Waals surface area contributed by atoms with Crippen molar-refractivity contribution < 1.29 is 18.0 Å². The molecule has 0 atom stereocenters. The number of carbonyl (C=O) groups is 1. The number of alkyl halides is 3. The van der Waals surface area contributed by atoms with Gasteiger partial charge in [-0.2, -0.15) is 13.2 Å². The minimum atomic E-state index is -4.44. The van der Waals surface area contributed by atoms with Crippen molar-refractivity contribution in [2.75, 3.05) is 5.32 Å². The van der Waals surface area contributed by atoms with Gasteiger partial charge in [0.1, 0.15) is 11.1 Å². The number of benzene rings is 1. The second-order valence-corrected chi connectivity index (χ2v) is 7.31. The van der Waals surface area contributed by atoms with Crippen LogP contribution in [0.3, 0.4) is 0 Å². The summed E-state index contributed by atoms with van der Waals surface area (Å²) in [6.45, 7) is 5.15. The maximum Gasteiger partial charge on any atom is 0.416 e. The molecule has 2 aromatic heterocycles. The molecule has 0 radical (unpaired) electrons. The van der Waals surface area contributed by atoms with Gasteiger partial charge in [0.05, 0.1) is 11.3 Å². The highest BCUT2D eigenvalue weighted by atomic mass is 79.9. The largest absolute Gasteiger partial charge is 0.416 e. The minimum Gasteiger partial charge on any atom is -0.325 e. The highest BCUT2D eigenvalue weighted by Gasteiger charge is 2.30. The van der Waals surface area contributed by atoms with E-state index < -0.39 is 17.6 Å². The van der Waals surface area contributed by atoms with Gasteiger partial charge in [-0.15, -0.1) is 0 Å². The van der Waals surface area contributed by atoms with Gasteiger partial charge in [0, 0.05) is 16.9 Å². The zero-order chi connectivity index (χ0) is 21.5. The third kappa shape index (κ3) is 3.93. The van der Waals surface area contributed by atoms with Gasteiger partial charge in [-0.1, -0.05) is 6.92 Å². The van der Waals surface area contributed by atoms with Gasteiger partial charge in [0.25, 0.3) is 5.56 Å². The molecule has 1 N–H and O–H groups in total. The first-order valence-corrected chi connectivity index (χ1v) is 9.57. The number of hydrogen-bond donors (Lipinski definition) is 1. The number of hydrogen-bond acceptors (Lipinski definition) is 3. The standard InChI is InChI=1S/C19H18BrF3N4O2/c1-4-14-10(2)17(29)27-16(20)11(3)24-18(27)26(14)9-15(28)25-13-7-5-12(6-8-13)19(21,22)23/h5-8H,4,9H2,1-3H3,(H,25,28). The summed E-state index contributed by atoms with van der Waals surface area (Å²) in [7, 11) is 0. The molecule has 0 unspecified atom stereocenters. The molecule has 2 heterocycles. The van der Waals surface area contributed by atoms with E-state index in [1.807, 2.05) is 6.92 Å². The lowest BCUT2D eigenvalue weighted by Gasteiger charge is -2.16. The lowest BCUT2D eigenvalue weighted by atomic mass is 10.2. The number of nitrogens with one attached hydrogen (secondary N) is 1. The van der Waals surface area contributed by atoms with Crippen LogP contribution < -0.4 is 10.9 Å². The molecule has 0 fully saturated rings. The van der Waals surface area contributed by atoms with Crippen molar-refractivity contribution in [1.82, 2.24) is 14.0 Å². The maximum absolute atomic E-state index is 12.7. The van der Waals surface area contributed by atoms with E-state index in [0.717, 1.165) is 12.1 Å². The van der Waals surface area contributed by atoms with Gasteiger partial charge in [-0.25, -0.2) is 9.38 Å². The number of amides is 1. The Morgan fingerprint density at radius 3 is 2.38 bits per heavy atom. The van der Waals surface area contributed by atoms with Crippen LogP contribution >= 0.6 is 15.9 Å². The average molecular weight is 471 g/mol. The molecule has 1 aromatic carbocycles. The van der Waals surface area contributed by atoms with E-state index in [2.05, 4.69) is 26.2 Å². The third-order valence-corrected chi connectivity index (χ3v) is 5.55. The van der Waals surface area contributed by atoms with E-state index in [9.17, 15) is 22.8 Å². The van der Waals surface area contributed by atoms with Crippen LogP contribution in [-0.2, 0) is 23.9 Å². The Kier molecular flexibility index (Phi) is 5.57. The molecule has 0 aliphatic rings. The fraction of sp³-hybridized carbons (Fsp3) is 0.316. The summed E-state index contributed by atoms with van der Waals surface area (Å²) < 4.78 is 41.6. The summed E-state index contributed by atoms with van der Waals surface area (Å²) in [5, 5.41) is 2.59. The number of rotatable bonds is 4. The summed E-state index contributed by atoms with van der Waals surface area (Å²) in [6, 6.07) is 4.21. The van der Waals surface area contributed by atoms with Crippen molar-refractivity contribution in [2.45, 2.75) is 39.9 Å². The number of aryl methyl sites for hydroxylation is 1. The number of carbonyl (C=O) groups excluding carboxylic acids is 1. The van der Waals surface area contributed by atoms with Crippen molar-refractivity contribution in [3.63, 3.8) is 0 Å². The highest BCUT2D eigenvalue weighted by Crippen LogP contribution is 2.29. The Hall–Kier alpha value is -2.62. The maximum atomic E-state index is 12.7. The quantitative estimate of drug-likeness (QED) is 0.624. The molecular formula is C19H18BrF3N4O2. The zero-order valence-corrected chi connectivity index (χ0v) is 17.5. The van der Waals surface area contributed by atoms with Gasteiger partial charge >= 0.3 is 6.18 Å². The number of nitrogens with zero attached hydrogens (tertiary/aromatic N) is 3. The van der Waals surface area contributed by atoms with E-state index in [4.69, 9.17) is 0 Å². The number of imidazole rings is 1. The van der Waals surface area contributed by atoms with Crippen LogP contribution in [0.1, 0.15) is 29.4 Å². The lowest BCUT2D eigenvalue weighted by Crippen LogP contribution is -2.28. The molecule has 0 bridgehead atoms. The molecule has 0 aliphatic heterocycles. The SMILES string of the molecule is CCc1c(C)c(=O)n2c(Br)c(C)nc2n1CC(=O)Nc1ccc(C(F)(F)F)cc1. The van der Waals surface area contributed by atoms with Crippen LogP contribution in [0.15, 0.2) is 33.7 Å².